The summed E-state index contributed by atoms with van der Waals surface area (Å²) in [7, 11) is 0. The number of hydrogen-bond acceptors (Lipinski definition) is 4. The second kappa shape index (κ2) is 7.86. The molecule has 128 valence electrons. The largest absolute Gasteiger partial charge is 0.328 e. The van der Waals surface area contributed by atoms with Crippen LogP contribution in [0.15, 0.2) is 42.7 Å². The van der Waals surface area contributed by atoms with E-state index in [-0.39, 0.29) is 6.04 Å². The van der Waals surface area contributed by atoms with Gasteiger partial charge in [-0.1, -0.05) is 12.1 Å². The molecule has 2 N–H and O–H groups in total. The lowest BCUT2D eigenvalue weighted by Gasteiger charge is -2.39. The first-order chi connectivity index (χ1) is 11.6. The molecule has 1 saturated carbocycles. The lowest BCUT2D eigenvalue weighted by Crippen LogP contribution is -2.42. The third-order valence-electron chi connectivity index (χ3n) is 5.27. The van der Waals surface area contributed by atoms with Crippen LogP contribution < -0.4 is 5.73 Å². The number of nitrogens with two attached hydrogens (primary N) is 1. The maximum Gasteiger partial charge on any atom is 0.0573 e. The molecule has 2 heterocycles. The van der Waals surface area contributed by atoms with Crippen molar-refractivity contribution in [1.29, 1.82) is 0 Å². The van der Waals surface area contributed by atoms with Crippen LogP contribution >= 0.6 is 0 Å². The van der Waals surface area contributed by atoms with E-state index in [1.54, 1.807) is 0 Å². The molecule has 3 rings (SSSR count). The van der Waals surface area contributed by atoms with Gasteiger partial charge in [0.1, 0.15) is 0 Å². The van der Waals surface area contributed by atoms with E-state index in [9.17, 15) is 0 Å². The van der Waals surface area contributed by atoms with Gasteiger partial charge in [-0.15, -0.1) is 0 Å². The van der Waals surface area contributed by atoms with E-state index < -0.39 is 0 Å². The first kappa shape index (κ1) is 17.1. The van der Waals surface area contributed by atoms with Gasteiger partial charge in [0.15, 0.2) is 0 Å². The number of hydrogen-bond donors (Lipinski definition) is 1. The topological polar surface area (TPSA) is 55.0 Å². The van der Waals surface area contributed by atoms with Gasteiger partial charge < -0.3 is 5.73 Å². The molecule has 24 heavy (non-hydrogen) atoms. The Hall–Kier alpha value is -1.78. The lowest BCUT2D eigenvalue weighted by atomic mass is 9.89. The minimum Gasteiger partial charge on any atom is -0.328 e. The van der Waals surface area contributed by atoms with E-state index in [2.05, 4.69) is 46.9 Å². The molecule has 0 amide bonds. The minimum atomic E-state index is 0.270. The molecule has 0 aromatic carbocycles. The zero-order valence-electron chi connectivity index (χ0n) is 14.7. The first-order valence-electron chi connectivity index (χ1n) is 8.98. The van der Waals surface area contributed by atoms with Gasteiger partial charge in [-0.05, 0) is 63.3 Å². The van der Waals surface area contributed by atoms with Crippen molar-refractivity contribution in [1.82, 2.24) is 14.9 Å². The summed E-state index contributed by atoms with van der Waals surface area (Å²) < 4.78 is 0. The summed E-state index contributed by atoms with van der Waals surface area (Å²) in [6.07, 6.45) is 8.30. The van der Waals surface area contributed by atoms with Crippen molar-refractivity contribution in [3.8, 4) is 0 Å². The summed E-state index contributed by atoms with van der Waals surface area (Å²) in [6, 6.07) is 11.5. The van der Waals surface area contributed by atoms with Crippen LogP contribution in [0.5, 0.6) is 0 Å². The van der Waals surface area contributed by atoms with Gasteiger partial charge >= 0.3 is 0 Å². The van der Waals surface area contributed by atoms with Crippen molar-refractivity contribution >= 4 is 0 Å². The van der Waals surface area contributed by atoms with Crippen molar-refractivity contribution in [2.45, 2.75) is 64.2 Å². The molecule has 0 saturated heterocycles. The van der Waals surface area contributed by atoms with Gasteiger partial charge in [0.25, 0.3) is 0 Å². The van der Waals surface area contributed by atoms with E-state index in [0.717, 1.165) is 43.6 Å². The van der Waals surface area contributed by atoms with Crippen molar-refractivity contribution in [3.05, 3.63) is 59.7 Å². The third kappa shape index (κ3) is 4.00. The molecule has 2 aromatic rings. The van der Waals surface area contributed by atoms with Gasteiger partial charge in [-0.2, -0.15) is 0 Å². The Morgan fingerprint density at radius 1 is 1.08 bits per heavy atom. The van der Waals surface area contributed by atoms with Crippen LogP contribution in [0.3, 0.4) is 0 Å². The minimum absolute atomic E-state index is 0.270. The zero-order chi connectivity index (χ0) is 16.9. The molecule has 0 spiro atoms. The fraction of sp³-hybridized carbons (Fsp3) is 0.500. The van der Waals surface area contributed by atoms with Crippen molar-refractivity contribution in [2.75, 3.05) is 0 Å². The molecular weight excluding hydrogens is 296 g/mol. The van der Waals surface area contributed by atoms with E-state index in [1.807, 2.05) is 24.5 Å². The molecule has 4 nitrogen and oxygen atoms in total. The van der Waals surface area contributed by atoms with E-state index >= 15 is 0 Å². The van der Waals surface area contributed by atoms with Crippen molar-refractivity contribution in [2.24, 2.45) is 5.73 Å². The second-order valence-electron chi connectivity index (χ2n) is 6.94. The maximum atomic E-state index is 6.12. The van der Waals surface area contributed by atoms with Crippen molar-refractivity contribution < 1.29 is 0 Å². The smallest absolute Gasteiger partial charge is 0.0573 e. The van der Waals surface area contributed by atoms with Crippen molar-refractivity contribution in [3.63, 3.8) is 0 Å². The molecule has 2 aromatic heterocycles. The van der Waals surface area contributed by atoms with E-state index in [0.29, 0.717) is 12.1 Å². The highest BCUT2D eigenvalue weighted by atomic mass is 15.2. The van der Waals surface area contributed by atoms with Crippen LogP contribution in [0.2, 0.25) is 0 Å². The number of nitrogens with zero attached hydrogens (tertiary/aromatic N) is 3. The average Bonchev–Trinajstić information content (AvgIpc) is 2.62. The fourth-order valence-corrected chi connectivity index (χ4v) is 3.67. The Kier molecular flexibility index (Phi) is 5.59. The molecule has 1 aliphatic carbocycles. The highest BCUT2D eigenvalue weighted by Gasteiger charge is 2.29. The Balaban J connectivity index is 1.84. The normalized spacial score (nSPS) is 22.5. The Labute approximate surface area is 145 Å². The third-order valence-corrected chi connectivity index (χ3v) is 5.27. The Morgan fingerprint density at radius 2 is 1.83 bits per heavy atom. The molecule has 1 atom stereocenters. The summed E-state index contributed by atoms with van der Waals surface area (Å²) in [6.45, 7) is 5.27. The summed E-state index contributed by atoms with van der Waals surface area (Å²) in [5, 5.41) is 0. The SMILES string of the molecule is Cc1cccnc1CN(C(C)c1ccccn1)[C@H]1CC[C@H](N)CC1. The first-order valence-corrected chi connectivity index (χ1v) is 8.98. The predicted molar refractivity (Wildman–Crippen MR) is 97.4 cm³/mol. The number of aromatic nitrogens is 2. The summed E-state index contributed by atoms with van der Waals surface area (Å²) in [4.78, 5) is 11.8. The number of aryl methyl sites for hydroxylation is 1. The average molecular weight is 324 g/mol. The Morgan fingerprint density at radius 3 is 2.50 bits per heavy atom. The van der Waals surface area contributed by atoms with Crippen LogP contribution in [-0.4, -0.2) is 27.0 Å². The molecule has 1 aliphatic rings. The fourth-order valence-electron chi connectivity index (χ4n) is 3.67. The molecule has 0 radical (unpaired) electrons. The second-order valence-corrected chi connectivity index (χ2v) is 6.94. The van der Waals surface area contributed by atoms with Gasteiger partial charge in [0.05, 0.1) is 11.4 Å². The van der Waals surface area contributed by atoms with Crippen LogP contribution in [0.4, 0.5) is 0 Å². The van der Waals surface area contributed by atoms with Gasteiger partial charge in [-0.25, -0.2) is 0 Å². The molecule has 0 aliphatic heterocycles. The molecule has 1 unspecified atom stereocenters. The van der Waals surface area contributed by atoms with Crippen LogP contribution in [0.25, 0.3) is 0 Å². The monoisotopic (exact) mass is 324 g/mol. The van der Waals surface area contributed by atoms with Gasteiger partial charge in [-0.3, -0.25) is 14.9 Å². The number of rotatable bonds is 5. The molecule has 1 fully saturated rings. The summed E-state index contributed by atoms with van der Waals surface area (Å²) >= 11 is 0. The quantitative estimate of drug-likeness (QED) is 0.912. The van der Waals surface area contributed by atoms with Crippen LogP contribution in [0, 0.1) is 6.92 Å². The van der Waals surface area contributed by atoms with Gasteiger partial charge in [0, 0.05) is 37.1 Å². The highest BCUT2D eigenvalue weighted by molar-refractivity contribution is 5.18. The van der Waals surface area contributed by atoms with Gasteiger partial charge in [0.2, 0.25) is 0 Å². The molecule has 0 bridgehead atoms. The molecule has 4 heteroatoms. The molecular formula is C20H28N4. The van der Waals surface area contributed by atoms with Crippen LogP contribution in [0.1, 0.15) is 55.6 Å². The van der Waals surface area contributed by atoms with E-state index in [4.69, 9.17) is 5.73 Å². The van der Waals surface area contributed by atoms with Crippen LogP contribution in [-0.2, 0) is 6.54 Å². The highest BCUT2D eigenvalue weighted by Crippen LogP contribution is 2.30. The lowest BCUT2D eigenvalue weighted by molar-refractivity contribution is 0.0954. The maximum absolute atomic E-state index is 6.12. The summed E-state index contributed by atoms with van der Waals surface area (Å²) in [5.41, 5.74) is 9.66. The standard InChI is InChI=1S/C20H28N4/c1-15-6-5-13-23-20(15)14-24(18-10-8-17(21)9-11-18)16(2)19-7-3-4-12-22-19/h3-7,12-13,16-18H,8-11,14,21H2,1-2H3/t16?,17-,18-. The number of pyridine rings is 2. The zero-order valence-corrected chi connectivity index (χ0v) is 14.7. The van der Waals surface area contributed by atoms with E-state index in [1.165, 1.54) is 5.56 Å². The Bertz CT molecular complexity index is 635. The predicted octanol–water partition coefficient (Wildman–Crippen LogP) is 3.62. The summed E-state index contributed by atoms with van der Waals surface area (Å²) in [5.74, 6) is 0.